The average molecular weight is 383 g/mol. The predicted octanol–water partition coefficient (Wildman–Crippen LogP) is 0.329. The van der Waals surface area contributed by atoms with Crippen molar-refractivity contribution < 1.29 is 24.6 Å². The number of nitrogens with zero attached hydrogens (tertiary/aromatic N) is 1. The summed E-state index contributed by atoms with van der Waals surface area (Å²) in [7, 11) is 0. The molecule has 0 radical (unpaired) electrons. The second-order valence-corrected chi connectivity index (χ2v) is 6.74. The molecule has 27 heavy (non-hydrogen) atoms. The minimum absolute atomic E-state index is 0.00495. The van der Waals surface area contributed by atoms with Gasteiger partial charge in [-0.3, -0.25) is 4.79 Å². The maximum absolute atomic E-state index is 12.1. The number of benzene rings is 2. The van der Waals surface area contributed by atoms with Gasteiger partial charge in [0.05, 0.1) is 28.7 Å². The maximum atomic E-state index is 12.1. The molecule has 0 aliphatic rings. The van der Waals surface area contributed by atoms with Crippen molar-refractivity contribution in [1.82, 2.24) is 9.97 Å². The van der Waals surface area contributed by atoms with E-state index in [1.54, 1.807) is 0 Å². The Hall–Kier alpha value is -3.33. The van der Waals surface area contributed by atoms with Gasteiger partial charge >= 0.3 is 0 Å². The van der Waals surface area contributed by atoms with E-state index in [0.717, 1.165) is 46.6 Å². The molecule has 138 valence electrons. The van der Waals surface area contributed by atoms with Crippen molar-refractivity contribution in [3.8, 4) is 0 Å². The molecule has 0 aliphatic heterocycles. The molecule has 1 amide bonds. The van der Waals surface area contributed by atoms with Gasteiger partial charge in [-0.2, -0.15) is 0 Å². The van der Waals surface area contributed by atoms with E-state index in [2.05, 4.69) is 15.3 Å². The van der Waals surface area contributed by atoms with Gasteiger partial charge in [-0.05, 0) is 53.9 Å². The quantitative estimate of drug-likeness (QED) is 0.585. The standard InChI is InChI=1S/C18H15N3O5S/c1-9-2-3-13-14(4-9)21-18(20-13)27-8-15(22)19-12-6-10(16(23)24)5-11(7-12)17(25)26/h2-7H,8H2,1H3,(H,19,22)(H,20,21)(H,23,24)(H,25,26)/p-2. The third kappa shape index (κ3) is 4.45. The normalized spacial score (nSPS) is 10.7. The van der Waals surface area contributed by atoms with Crippen LogP contribution in [0.4, 0.5) is 5.69 Å². The molecule has 2 N–H and O–H groups in total. The molecule has 2 aromatic carbocycles. The number of thioether (sulfide) groups is 1. The summed E-state index contributed by atoms with van der Waals surface area (Å²) in [5.41, 5.74) is 2.01. The van der Waals surface area contributed by atoms with Crippen molar-refractivity contribution >= 4 is 46.3 Å². The number of aryl methyl sites for hydroxylation is 1. The lowest BCUT2D eigenvalue weighted by atomic mass is 10.1. The Morgan fingerprint density at radius 1 is 1.07 bits per heavy atom. The van der Waals surface area contributed by atoms with Crippen LogP contribution >= 0.6 is 11.8 Å². The number of aromatic carboxylic acids is 2. The van der Waals surface area contributed by atoms with Crippen LogP contribution in [0.5, 0.6) is 0 Å². The number of imidazole rings is 1. The Kier molecular flexibility index (Phi) is 5.13. The number of aromatic amines is 1. The van der Waals surface area contributed by atoms with E-state index in [-0.39, 0.29) is 22.6 Å². The fourth-order valence-corrected chi connectivity index (χ4v) is 3.12. The number of nitrogens with one attached hydrogen (secondary N) is 2. The molecule has 0 atom stereocenters. The van der Waals surface area contributed by atoms with Crippen LogP contribution in [0.2, 0.25) is 0 Å². The first-order chi connectivity index (χ1) is 12.8. The molecule has 0 saturated carbocycles. The largest absolute Gasteiger partial charge is 0.545 e. The molecule has 0 fully saturated rings. The summed E-state index contributed by atoms with van der Waals surface area (Å²) in [6, 6.07) is 8.90. The van der Waals surface area contributed by atoms with Gasteiger partial charge in [-0.15, -0.1) is 0 Å². The van der Waals surface area contributed by atoms with Crippen molar-refractivity contribution in [3.05, 3.63) is 53.1 Å². The van der Waals surface area contributed by atoms with Crippen molar-refractivity contribution in [2.75, 3.05) is 11.1 Å². The van der Waals surface area contributed by atoms with Crippen LogP contribution in [0.25, 0.3) is 11.0 Å². The Balaban J connectivity index is 1.69. The number of hydrogen-bond donors (Lipinski definition) is 2. The van der Waals surface area contributed by atoms with Gasteiger partial charge in [0.1, 0.15) is 0 Å². The van der Waals surface area contributed by atoms with Gasteiger partial charge in [0, 0.05) is 5.69 Å². The minimum Gasteiger partial charge on any atom is -0.545 e. The van der Waals surface area contributed by atoms with Crippen LogP contribution < -0.4 is 15.5 Å². The molecule has 0 saturated heterocycles. The topological polar surface area (TPSA) is 138 Å². The van der Waals surface area contributed by atoms with Crippen molar-refractivity contribution in [2.24, 2.45) is 0 Å². The lowest BCUT2D eigenvalue weighted by molar-refractivity contribution is -0.255. The van der Waals surface area contributed by atoms with Crippen LogP contribution in [0.15, 0.2) is 41.6 Å². The number of carbonyl (C=O) groups is 3. The summed E-state index contributed by atoms with van der Waals surface area (Å²) in [4.78, 5) is 41.5. The molecule has 1 heterocycles. The highest BCUT2D eigenvalue weighted by molar-refractivity contribution is 7.99. The zero-order valence-corrected chi connectivity index (χ0v) is 14.9. The summed E-state index contributed by atoms with van der Waals surface area (Å²) in [5.74, 6) is -3.56. The monoisotopic (exact) mass is 383 g/mol. The van der Waals surface area contributed by atoms with E-state index in [9.17, 15) is 24.6 Å². The third-order valence-corrected chi connectivity index (χ3v) is 4.52. The highest BCUT2D eigenvalue weighted by atomic mass is 32.2. The van der Waals surface area contributed by atoms with E-state index in [1.807, 2.05) is 25.1 Å². The first kappa shape index (κ1) is 18.5. The van der Waals surface area contributed by atoms with Crippen molar-refractivity contribution in [1.29, 1.82) is 0 Å². The van der Waals surface area contributed by atoms with Crippen LogP contribution in [0.3, 0.4) is 0 Å². The summed E-state index contributed by atoms with van der Waals surface area (Å²) in [6.45, 7) is 1.96. The Bertz CT molecular complexity index is 1030. The zero-order valence-electron chi connectivity index (χ0n) is 14.1. The van der Waals surface area contributed by atoms with Gasteiger partial charge in [0.25, 0.3) is 0 Å². The second kappa shape index (κ2) is 7.50. The van der Waals surface area contributed by atoms with E-state index < -0.39 is 17.8 Å². The highest BCUT2D eigenvalue weighted by Crippen LogP contribution is 2.21. The molecule has 1 aromatic heterocycles. The molecule has 3 aromatic rings. The molecule has 0 unspecified atom stereocenters. The molecular formula is C18H13N3O5S-2. The van der Waals surface area contributed by atoms with Crippen LogP contribution in [0, 0.1) is 6.92 Å². The predicted molar refractivity (Wildman–Crippen MR) is 95.3 cm³/mol. The third-order valence-electron chi connectivity index (χ3n) is 3.64. The Morgan fingerprint density at radius 3 is 2.37 bits per heavy atom. The second-order valence-electron chi connectivity index (χ2n) is 5.77. The van der Waals surface area contributed by atoms with E-state index >= 15 is 0 Å². The highest BCUT2D eigenvalue weighted by Gasteiger charge is 2.10. The molecule has 3 rings (SSSR count). The molecule has 0 spiro atoms. The van der Waals surface area contributed by atoms with Crippen LogP contribution in [-0.2, 0) is 4.79 Å². The number of carbonyl (C=O) groups excluding carboxylic acids is 3. The van der Waals surface area contributed by atoms with E-state index in [1.165, 1.54) is 0 Å². The summed E-state index contributed by atoms with van der Waals surface area (Å²) in [5, 5.41) is 25.0. The van der Waals surface area contributed by atoms with E-state index in [4.69, 9.17) is 0 Å². The number of aromatic nitrogens is 2. The smallest absolute Gasteiger partial charge is 0.234 e. The van der Waals surface area contributed by atoms with Crippen molar-refractivity contribution in [3.63, 3.8) is 0 Å². The average Bonchev–Trinajstić information content (AvgIpc) is 3.01. The number of carboxylic acids is 2. The number of H-pyrrole nitrogens is 1. The summed E-state index contributed by atoms with van der Waals surface area (Å²) >= 11 is 1.16. The Labute approximate surface area is 157 Å². The first-order valence-electron chi connectivity index (χ1n) is 7.78. The minimum atomic E-state index is -1.56. The Morgan fingerprint density at radius 2 is 1.74 bits per heavy atom. The number of hydrogen-bond acceptors (Lipinski definition) is 7. The molecule has 0 bridgehead atoms. The number of rotatable bonds is 6. The van der Waals surface area contributed by atoms with Gasteiger partial charge in [0.2, 0.25) is 5.91 Å². The number of carboxylic acid groups (broad SMARTS) is 2. The van der Waals surface area contributed by atoms with Crippen LogP contribution in [-0.4, -0.2) is 33.6 Å². The molecular weight excluding hydrogens is 370 g/mol. The SMILES string of the molecule is Cc1ccc2nc(SCC(=O)Nc3cc(C(=O)[O-])cc(C(=O)[O-])c3)[nH]c2c1. The fourth-order valence-electron chi connectivity index (χ4n) is 2.43. The van der Waals surface area contributed by atoms with Gasteiger partial charge in [-0.1, -0.05) is 17.8 Å². The maximum Gasteiger partial charge on any atom is 0.234 e. The molecule has 8 nitrogen and oxygen atoms in total. The number of amides is 1. The van der Waals surface area contributed by atoms with Gasteiger partial charge in [0.15, 0.2) is 5.16 Å². The lowest BCUT2D eigenvalue weighted by Gasteiger charge is -2.12. The number of fused-ring (bicyclic) bond motifs is 1. The summed E-state index contributed by atoms with van der Waals surface area (Å²) < 4.78 is 0. The first-order valence-corrected chi connectivity index (χ1v) is 8.77. The molecule has 0 aliphatic carbocycles. The van der Waals surface area contributed by atoms with E-state index in [0.29, 0.717) is 5.16 Å². The zero-order chi connectivity index (χ0) is 19.6. The number of anilines is 1. The fraction of sp³-hybridized carbons (Fsp3) is 0.111. The lowest BCUT2D eigenvalue weighted by Crippen LogP contribution is -2.26. The summed E-state index contributed by atoms with van der Waals surface area (Å²) in [6.07, 6.45) is 0. The molecule has 9 heteroatoms. The van der Waals surface area contributed by atoms with Crippen molar-refractivity contribution in [2.45, 2.75) is 12.1 Å². The van der Waals surface area contributed by atoms with Gasteiger partial charge < -0.3 is 30.1 Å². The van der Waals surface area contributed by atoms with Gasteiger partial charge in [-0.25, -0.2) is 4.98 Å². The van der Waals surface area contributed by atoms with Crippen LogP contribution in [0.1, 0.15) is 26.3 Å².